The maximum absolute atomic E-state index is 12.5. The Labute approximate surface area is 134 Å². The first-order chi connectivity index (χ1) is 9.79. The molecule has 1 aromatic heterocycles. The zero-order chi connectivity index (χ0) is 13.9. The van der Waals surface area contributed by atoms with Gasteiger partial charge in [0.2, 0.25) is 5.91 Å². The first-order valence-electron chi connectivity index (χ1n) is 6.78. The Hall–Kier alpha value is -1.29. The number of pyridine rings is 1. The molecular weight excluding hydrogens is 308 g/mol. The smallest absolute Gasteiger partial charge is 0.241 e. The molecule has 3 heterocycles. The first kappa shape index (κ1) is 16.1. The largest absolute Gasteiger partial charge is 0.325 e. The van der Waals surface area contributed by atoms with Gasteiger partial charge in [0.15, 0.2) is 0 Å². The van der Waals surface area contributed by atoms with E-state index in [2.05, 4.69) is 16.4 Å². The van der Waals surface area contributed by atoms with Gasteiger partial charge in [-0.1, -0.05) is 6.07 Å². The minimum Gasteiger partial charge on any atom is -0.325 e. The molecule has 7 heteroatoms. The lowest BCUT2D eigenvalue weighted by molar-refractivity contribution is -0.132. The van der Waals surface area contributed by atoms with Gasteiger partial charge in [-0.25, -0.2) is 0 Å². The lowest BCUT2D eigenvalue weighted by atomic mass is 10.2. The monoisotopic (exact) mass is 324 g/mol. The molecule has 0 aliphatic carbocycles. The van der Waals surface area contributed by atoms with Gasteiger partial charge in [-0.15, -0.1) is 24.2 Å². The highest BCUT2D eigenvalue weighted by molar-refractivity contribution is 7.99. The van der Waals surface area contributed by atoms with E-state index < -0.39 is 0 Å². The Morgan fingerprint density at radius 2 is 2.38 bits per heavy atom. The van der Waals surface area contributed by atoms with E-state index in [0.29, 0.717) is 6.54 Å². The Balaban J connectivity index is 0.00000161. The summed E-state index contributed by atoms with van der Waals surface area (Å²) in [4.78, 5) is 18.5. The summed E-state index contributed by atoms with van der Waals surface area (Å²) in [6.45, 7) is 0.703. The van der Waals surface area contributed by atoms with Crippen molar-refractivity contribution in [1.29, 1.82) is 5.26 Å². The molecule has 0 aromatic carbocycles. The number of carbonyl (C=O) groups is 1. The second-order valence-corrected chi connectivity index (χ2v) is 6.14. The predicted octanol–water partition coefficient (Wildman–Crippen LogP) is 1.72. The average Bonchev–Trinajstić information content (AvgIpc) is 3.16. The number of thioether (sulfide) groups is 1. The third-order valence-corrected chi connectivity index (χ3v) is 4.96. The number of nitriles is 1. The Kier molecular flexibility index (Phi) is 5.45. The van der Waals surface area contributed by atoms with Crippen molar-refractivity contribution in [2.45, 2.75) is 30.3 Å². The number of nitrogens with zero attached hydrogens (tertiary/aromatic N) is 3. The summed E-state index contributed by atoms with van der Waals surface area (Å²) in [5.74, 6) is 0.786. The van der Waals surface area contributed by atoms with Crippen LogP contribution in [0.2, 0.25) is 0 Å². The van der Waals surface area contributed by atoms with Gasteiger partial charge in [0.25, 0.3) is 0 Å². The van der Waals surface area contributed by atoms with E-state index >= 15 is 0 Å². The molecule has 3 atom stereocenters. The van der Waals surface area contributed by atoms with Crippen molar-refractivity contribution < 1.29 is 4.79 Å². The molecule has 0 radical (unpaired) electrons. The number of rotatable bonds is 2. The number of likely N-dealkylation sites (tertiary alicyclic amines) is 1. The van der Waals surface area contributed by atoms with E-state index in [9.17, 15) is 4.79 Å². The normalized spacial score (nSPS) is 28.0. The summed E-state index contributed by atoms with van der Waals surface area (Å²) in [5, 5.41) is 12.5. The fourth-order valence-corrected chi connectivity index (χ4v) is 3.88. The molecule has 5 nitrogen and oxygen atoms in total. The standard InChI is InChI=1S/C14H16N4OS.ClH/c15-8-10-4-3-7-18(10)14(19)12-9-20-13(17-12)11-5-1-2-6-16-11;/h1-2,5-6,10,12-13,17H,3-4,7,9H2;1H/t10-,12-,13?;/m0./s1. The number of halogens is 1. The zero-order valence-corrected chi connectivity index (χ0v) is 13.1. The SMILES string of the molecule is Cl.N#C[C@@H]1CCCN1C(=O)[C@@H]1CSC(c2ccccn2)N1. The summed E-state index contributed by atoms with van der Waals surface area (Å²) < 4.78 is 0. The van der Waals surface area contributed by atoms with Gasteiger partial charge in [0.1, 0.15) is 6.04 Å². The van der Waals surface area contributed by atoms with Gasteiger partial charge in [-0.2, -0.15) is 5.26 Å². The highest BCUT2D eigenvalue weighted by Gasteiger charge is 2.37. The zero-order valence-electron chi connectivity index (χ0n) is 11.4. The van der Waals surface area contributed by atoms with Crippen LogP contribution in [0.3, 0.4) is 0 Å². The number of aromatic nitrogens is 1. The maximum atomic E-state index is 12.5. The molecule has 2 fully saturated rings. The van der Waals surface area contributed by atoms with Crippen molar-refractivity contribution in [3.8, 4) is 6.07 Å². The van der Waals surface area contributed by atoms with Crippen molar-refractivity contribution in [2.24, 2.45) is 0 Å². The summed E-state index contributed by atoms with van der Waals surface area (Å²) in [7, 11) is 0. The van der Waals surface area contributed by atoms with Gasteiger partial charge in [0.05, 0.1) is 23.2 Å². The molecule has 0 saturated carbocycles. The van der Waals surface area contributed by atoms with Crippen LogP contribution in [0.15, 0.2) is 24.4 Å². The molecule has 2 aliphatic rings. The summed E-state index contributed by atoms with van der Waals surface area (Å²) in [6, 6.07) is 7.56. The molecule has 21 heavy (non-hydrogen) atoms. The third kappa shape index (κ3) is 3.31. The molecule has 1 N–H and O–H groups in total. The van der Waals surface area contributed by atoms with Crippen LogP contribution in [0.1, 0.15) is 23.9 Å². The van der Waals surface area contributed by atoms with E-state index in [-0.39, 0.29) is 35.8 Å². The number of nitrogens with one attached hydrogen (secondary N) is 1. The number of hydrogen-bond acceptors (Lipinski definition) is 5. The highest BCUT2D eigenvalue weighted by Crippen LogP contribution is 2.32. The van der Waals surface area contributed by atoms with Crippen LogP contribution in [0.4, 0.5) is 0 Å². The minimum atomic E-state index is -0.247. The predicted molar refractivity (Wildman–Crippen MR) is 84.0 cm³/mol. The minimum absolute atomic E-state index is 0. The molecule has 112 valence electrons. The van der Waals surface area contributed by atoms with Crippen LogP contribution >= 0.6 is 24.2 Å². The lowest BCUT2D eigenvalue weighted by Crippen LogP contribution is -2.46. The van der Waals surface area contributed by atoms with E-state index in [1.807, 2.05) is 18.2 Å². The Morgan fingerprint density at radius 1 is 1.52 bits per heavy atom. The molecule has 1 amide bonds. The lowest BCUT2D eigenvalue weighted by Gasteiger charge is -2.23. The Morgan fingerprint density at radius 3 is 3.10 bits per heavy atom. The molecule has 0 bridgehead atoms. The summed E-state index contributed by atoms with van der Waals surface area (Å²) >= 11 is 1.70. The van der Waals surface area contributed by atoms with Gasteiger partial charge in [0, 0.05) is 18.5 Å². The Bertz CT molecular complexity index is 536. The highest BCUT2D eigenvalue weighted by atomic mass is 35.5. The quantitative estimate of drug-likeness (QED) is 0.897. The van der Waals surface area contributed by atoms with Crippen LogP contribution in [-0.2, 0) is 4.79 Å². The molecule has 2 aliphatic heterocycles. The molecule has 3 rings (SSSR count). The van der Waals surface area contributed by atoms with Gasteiger partial charge >= 0.3 is 0 Å². The van der Waals surface area contributed by atoms with Crippen LogP contribution in [0.25, 0.3) is 0 Å². The third-order valence-electron chi connectivity index (χ3n) is 3.72. The van der Waals surface area contributed by atoms with E-state index in [4.69, 9.17) is 5.26 Å². The van der Waals surface area contributed by atoms with Crippen LogP contribution in [0, 0.1) is 11.3 Å². The average molecular weight is 325 g/mol. The molecule has 1 unspecified atom stereocenters. The van der Waals surface area contributed by atoms with Gasteiger partial charge < -0.3 is 4.90 Å². The second kappa shape index (κ2) is 7.12. The summed E-state index contributed by atoms with van der Waals surface area (Å²) in [6.07, 6.45) is 3.48. The van der Waals surface area contributed by atoms with Crippen molar-refractivity contribution in [3.05, 3.63) is 30.1 Å². The van der Waals surface area contributed by atoms with Gasteiger partial charge in [-0.3, -0.25) is 15.1 Å². The van der Waals surface area contributed by atoms with Crippen LogP contribution in [0.5, 0.6) is 0 Å². The fourth-order valence-electron chi connectivity index (χ4n) is 2.68. The molecule has 2 saturated heterocycles. The maximum Gasteiger partial charge on any atom is 0.241 e. The van der Waals surface area contributed by atoms with Gasteiger partial charge in [-0.05, 0) is 25.0 Å². The van der Waals surface area contributed by atoms with E-state index in [1.165, 1.54) is 0 Å². The second-order valence-electron chi connectivity index (χ2n) is 5.01. The van der Waals surface area contributed by atoms with Crippen molar-refractivity contribution in [3.63, 3.8) is 0 Å². The topological polar surface area (TPSA) is 69.0 Å². The van der Waals surface area contributed by atoms with Crippen LogP contribution in [-0.4, -0.2) is 40.2 Å². The van der Waals surface area contributed by atoms with E-state index in [0.717, 1.165) is 24.3 Å². The number of hydrogen-bond donors (Lipinski definition) is 1. The number of carbonyl (C=O) groups excluding carboxylic acids is 1. The molecule has 0 spiro atoms. The van der Waals surface area contributed by atoms with Crippen molar-refractivity contribution in [2.75, 3.05) is 12.3 Å². The fraction of sp³-hybridized carbons (Fsp3) is 0.500. The molecule has 1 aromatic rings. The van der Waals surface area contributed by atoms with Crippen molar-refractivity contribution in [1.82, 2.24) is 15.2 Å². The van der Waals surface area contributed by atoms with Crippen molar-refractivity contribution >= 4 is 30.1 Å². The summed E-state index contributed by atoms with van der Waals surface area (Å²) in [5.41, 5.74) is 0.950. The number of amides is 1. The van der Waals surface area contributed by atoms with E-state index in [1.54, 1.807) is 22.9 Å². The molecular formula is C14H17ClN4OS. The van der Waals surface area contributed by atoms with Crippen LogP contribution < -0.4 is 5.32 Å². The first-order valence-corrected chi connectivity index (χ1v) is 7.83.